The molecule has 0 unspecified atom stereocenters. The Morgan fingerprint density at radius 1 is 1.27 bits per heavy atom. The summed E-state index contributed by atoms with van der Waals surface area (Å²) in [5.74, 6) is -1.70. The Bertz CT molecular complexity index is 1400. The number of anilines is 2. The molecule has 0 saturated carbocycles. The molecule has 11 nitrogen and oxygen atoms in total. The van der Waals surface area contributed by atoms with E-state index in [1.54, 1.807) is 6.07 Å². The number of fused-ring (bicyclic) bond motifs is 1. The lowest BCUT2D eigenvalue weighted by atomic mass is 9.96. The number of aliphatic hydroxyl groups is 1. The van der Waals surface area contributed by atoms with Crippen LogP contribution in [0.15, 0.2) is 28.9 Å². The first-order valence-corrected chi connectivity index (χ1v) is 13.4. The standard InChI is InChI=1S/C23H29BrFN7O2.C2HF3O2/c1-14-10-34-13-23(12-33,31(14)3)11-26-21-16-6-18(25)17(24)7-20(16)27-22(28-21)32-8-15(9-32)19-4-5-30(2)29-19;3-2(4,5)1(6)7/h4-7,14-15,33H,8-13H2,1-3H3,(H,26,27,28);(H,6,7)/t14-,23+;/m1./s1. The van der Waals surface area contributed by atoms with Gasteiger partial charge in [-0.25, -0.2) is 14.2 Å². The van der Waals surface area contributed by atoms with Crippen LogP contribution in [-0.4, -0.2) is 105 Å². The average Bonchev–Trinajstić information content (AvgIpc) is 3.30. The van der Waals surface area contributed by atoms with Gasteiger partial charge in [0, 0.05) is 50.2 Å². The summed E-state index contributed by atoms with van der Waals surface area (Å²) in [6.07, 6.45) is -3.14. The zero-order valence-corrected chi connectivity index (χ0v) is 24.1. The minimum atomic E-state index is -5.08. The maximum atomic E-state index is 14.4. The zero-order chi connectivity index (χ0) is 30.1. The maximum Gasteiger partial charge on any atom is 0.490 e. The van der Waals surface area contributed by atoms with Gasteiger partial charge in [0.15, 0.2) is 0 Å². The number of halogens is 5. The molecule has 0 bridgehead atoms. The molecule has 2 fully saturated rings. The second-order valence-electron chi connectivity index (χ2n) is 10.2. The van der Waals surface area contributed by atoms with Crippen molar-refractivity contribution in [2.24, 2.45) is 7.05 Å². The van der Waals surface area contributed by atoms with Crippen LogP contribution in [0.4, 0.5) is 29.3 Å². The molecule has 2 aromatic heterocycles. The third-order valence-corrected chi connectivity index (χ3v) is 7.91. The number of carboxylic acid groups (broad SMARTS) is 1. The molecule has 3 N–H and O–H groups in total. The Balaban J connectivity index is 0.000000493. The molecule has 0 spiro atoms. The molecule has 0 radical (unpaired) electrons. The lowest BCUT2D eigenvalue weighted by molar-refractivity contribution is -0.192. The molecule has 41 heavy (non-hydrogen) atoms. The molecule has 2 aliphatic rings. The smallest absolute Gasteiger partial charge is 0.475 e. The van der Waals surface area contributed by atoms with E-state index in [1.807, 2.05) is 31.0 Å². The van der Waals surface area contributed by atoms with Crippen molar-refractivity contribution >= 4 is 44.6 Å². The Labute approximate surface area is 241 Å². The second kappa shape index (κ2) is 12.0. The van der Waals surface area contributed by atoms with Gasteiger partial charge in [-0.05, 0) is 48.1 Å². The van der Waals surface area contributed by atoms with E-state index in [2.05, 4.69) is 43.1 Å². The highest BCUT2D eigenvalue weighted by atomic mass is 79.9. The number of ether oxygens (including phenoxy) is 1. The Hall–Kier alpha value is -3.08. The van der Waals surface area contributed by atoms with Crippen molar-refractivity contribution in [3.05, 3.63) is 40.4 Å². The quantitative estimate of drug-likeness (QED) is 0.344. The Morgan fingerprint density at radius 2 is 1.95 bits per heavy atom. The summed E-state index contributed by atoms with van der Waals surface area (Å²) in [5.41, 5.74) is 1.09. The molecule has 1 aromatic carbocycles. The van der Waals surface area contributed by atoms with Gasteiger partial charge < -0.3 is 25.2 Å². The van der Waals surface area contributed by atoms with Crippen LogP contribution in [0.1, 0.15) is 18.5 Å². The van der Waals surface area contributed by atoms with E-state index in [-0.39, 0.29) is 18.5 Å². The van der Waals surface area contributed by atoms with Gasteiger partial charge in [-0.2, -0.15) is 23.3 Å². The lowest BCUT2D eigenvalue weighted by Gasteiger charge is -2.47. The van der Waals surface area contributed by atoms with Gasteiger partial charge in [-0.1, -0.05) is 0 Å². The first-order valence-electron chi connectivity index (χ1n) is 12.6. The highest BCUT2D eigenvalue weighted by molar-refractivity contribution is 9.10. The third-order valence-electron chi connectivity index (χ3n) is 7.30. The summed E-state index contributed by atoms with van der Waals surface area (Å²) in [4.78, 5) is 22.6. The molecule has 0 aliphatic carbocycles. The number of nitrogens with zero attached hydrogens (tertiary/aromatic N) is 6. The number of carbonyl (C=O) groups is 1. The number of carboxylic acids is 1. The Morgan fingerprint density at radius 3 is 2.54 bits per heavy atom. The van der Waals surface area contributed by atoms with E-state index in [1.165, 1.54) is 6.07 Å². The van der Waals surface area contributed by atoms with Gasteiger partial charge in [-0.15, -0.1) is 0 Å². The SMILES string of the molecule is C[C@@H]1COC[C@@](CO)(CNc2nc(N3CC(c4ccn(C)n4)C3)nc3cc(Br)c(F)cc23)N1C.O=C(O)C(F)(F)F. The van der Waals surface area contributed by atoms with Crippen molar-refractivity contribution < 1.29 is 37.3 Å². The first-order chi connectivity index (χ1) is 19.2. The molecule has 2 saturated heterocycles. The summed E-state index contributed by atoms with van der Waals surface area (Å²) in [7, 11) is 3.90. The van der Waals surface area contributed by atoms with E-state index in [0.717, 1.165) is 18.8 Å². The number of aliphatic hydroxyl groups excluding tert-OH is 1. The minimum absolute atomic E-state index is 0.0749. The highest BCUT2D eigenvalue weighted by Gasteiger charge is 2.41. The highest BCUT2D eigenvalue weighted by Crippen LogP contribution is 2.34. The monoisotopic (exact) mass is 647 g/mol. The molecule has 2 aliphatic heterocycles. The van der Waals surface area contributed by atoms with E-state index in [0.29, 0.717) is 52.8 Å². The van der Waals surface area contributed by atoms with Crippen LogP contribution in [0, 0.1) is 5.82 Å². The van der Waals surface area contributed by atoms with Crippen molar-refractivity contribution in [3.8, 4) is 0 Å². The van der Waals surface area contributed by atoms with Crippen molar-refractivity contribution in [1.29, 1.82) is 0 Å². The first kappa shape index (κ1) is 30.9. The molecule has 3 aromatic rings. The number of nitrogens with one attached hydrogen (secondary N) is 1. The number of hydrogen-bond donors (Lipinski definition) is 3. The Kier molecular flexibility index (Phi) is 9.06. The average molecular weight is 648 g/mol. The number of alkyl halides is 3. The van der Waals surface area contributed by atoms with Crippen molar-refractivity contribution in [2.45, 2.75) is 30.6 Å². The van der Waals surface area contributed by atoms with Crippen LogP contribution in [0.2, 0.25) is 0 Å². The van der Waals surface area contributed by atoms with Gasteiger partial charge in [0.05, 0.1) is 41.0 Å². The van der Waals surface area contributed by atoms with Crippen molar-refractivity contribution in [3.63, 3.8) is 0 Å². The van der Waals surface area contributed by atoms with Crippen LogP contribution in [-0.2, 0) is 16.6 Å². The summed E-state index contributed by atoms with van der Waals surface area (Å²) in [5, 5.41) is 25.9. The second-order valence-corrected chi connectivity index (χ2v) is 11.0. The van der Waals surface area contributed by atoms with Crippen LogP contribution < -0.4 is 10.2 Å². The summed E-state index contributed by atoms with van der Waals surface area (Å²) >= 11 is 3.28. The number of aliphatic carboxylic acids is 1. The summed E-state index contributed by atoms with van der Waals surface area (Å²) < 4.78 is 54.1. The largest absolute Gasteiger partial charge is 0.490 e. The minimum Gasteiger partial charge on any atom is -0.475 e. The number of rotatable bonds is 6. The van der Waals surface area contributed by atoms with E-state index >= 15 is 0 Å². The molecule has 2 atom stereocenters. The predicted octanol–water partition coefficient (Wildman–Crippen LogP) is 3.00. The van der Waals surface area contributed by atoms with Crippen LogP contribution >= 0.6 is 15.9 Å². The molecule has 16 heteroatoms. The van der Waals surface area contributed by atoms with E-state index in [9.17, 15) is 22.7 Å². The molecule has 5 rings (SSSR count). The molecular formula is C25H30BrF4N7O4. The molecule has 0 amide bonds. The van der Waals surface area contributed by atoms with Gasteiger partial charge >= 0.3 is 12.1 Å². The van der Waals surface area contributed by atoms with E-state index < -0.39 is 17.7 Å². The zero-order valence-electron chi connectivity index (χ0n) is 22.5. The summed E-state index contributed by atoms with van der Waals surface area (Å²) in [6, 6.07) is 5.32. The molecule has 224 valence electrons. The number of aromatic nitrogens is 4. The third kappa shape index (κ3) is 6.71. The fourth-order valence-corrected chi connectivity index (χ4v) is 4.94. The van der Waals surface area contributed by atoms with Crippen LogP contribution in [0.5, 0.6) is 0 Å². The maximum absolute atomic E-state index is 14.4. The van der Waals surface area contributed by atoms with Gasteiger partial charge in [-0.3, -0.25) is 9.58 Å². The molecular weight excluding hydrogens is 618 g/mol. The number of hydrogen-bond acceptors (Lipinski definition) is 9. The normalized spacial score (nSPS) is 21.8. The van der Waals surface area contributed by atoms with Crippen molar-refractivity contribution in [2.75, 3.05) is 56.7 Å². The van der Waals surface area contributed by atoms with Gasteiger partial charge in [0.25, 0.3) is 0 Å². The van der Waals surface area contributed by atoms with Gasteiger partial charge in [0.1, 0.15) is 11.6 Å². The fraction of sp³-hybridized carbons (Fsp3) is 0.520. The predicted molar refractivity (Wildman–Crippen MR) is 145 cm³/mol. The molecule has 4 heterocycles. The van der Waals surface area contributed by atoms with Crippen molar-refractivity contribution in [1.82, 2.24) is 24.6 Å². The number of benzene rings is 1. The van der Waals surface area contributed by atoms with Crippen LogP contribution in [0.25, 0.3) is 10.9 Å². The topological polar surface area (TPSA) is 129 Å². The number of morpholine rings is 1. The number of likely N-dealkylation sites (N-methyl/N-ethyl adjacent to an activating group) is 1. The summed E-state index contributed by atoms with van der Waals surface area (Å²) in [6.45, 7) is 4.92. The fourth-order valence-electron chi connectivity index (χ4n) is 4.61. The van der Waals surface area contributed by atoms with Crippen LogP contribution in [0.3, 0.4) is 0 Å². The van der Waals surface area contributed by atoms with E-state index in [4.69, 9.17) is 24.6 Å². The lowest BCUT2D eigenvalue weighted by Crippen LogP contribution is -2.64. The van der Waals surface area contributed by atoms with Gasteiger partial charge in [0.2, 0.25) is 5.95 Å². The number of aryl methyl sites for hydroxylation is 1.